The van der Waals surface area contributed by atoms with Gasteiger partial charge in [-0.05, 0) is 36.3 Å². The predicted octanol–water partition coefficient (Wildman–Crippen LogP) is 3.19. The third-order valence-corrected chi connectivity index (χ3v) is 3.99. The van der Waals surface area contributed by atoms with Crippen molar-refractivity contribution < 1.29 is 0 Å². The minimum absolute atomic E-state index is 0.221. The van der Waals surface area contributed by atoms with Gasteiger partial charge in [-0.25, -0.2) is 0 Å². The van der Waals surface area contributed by atoms with Crippen molar-refractivity contribution in [2.45, 2.75) is 45.6 Å². The average molecular weight is 284 g/mol. The Morgan fingerprint density at radius 3 is 2.47 bits per heavy atom. The van der Waals surface area contributed by atoms with Crippen molar-refractivity contribution in [3.8, 4) is 0 Å². The maximum Gasteiger partial charge on any atom is 0.229 e. The van der Waals surface area contributed by atoms with Crippen molar-refractivity contribution in [2.24, 2.45) is 11.8 Å². The second-order valence-electron chi connectivity index (χ2n) is 5.44. The molecule has 19 heavy (non-hydrogen) atoms. The summed E-state index contributed by atoms with van der Waals surface area (Å²) < 4.78 is 0. The lowest BCUT2D eigenvalue weighted by Crippen LogP contribution is -2.35. The molecule has 0 radical (unpaired) electrons. The van der Waals surface area contributed by atoms with Crippen molar-refractivity contribution in [3.63, 3.8) is 0 Å². The van der Waals surface area contributed by atoms with Crippen LogP contribution in [0.3, 0.4) is 0 Å². The molecule has 1 aliphatic rings. The Kier molecular flexibility index (Phi) is 4.80. The molecular weight excluding hydrogens is 262 g/mol. The summed E-state index contributed by atoms with van der Waals surface area (Å²) in [6.07, 6.45) is 5.02. The van der Waals surface area contributed by atoms with Crippen molar-refractivity contribution in [1.82, 2.24) is 15.0 Å². The summed E-state index contributed by atoms with van der Waals surface area (Å²) in [5, 5.41) is 6.55. The van der Waals surface area contributed by atoms with Gasteiger partial charge in [0.2, 0.25) is 17.2 Å². The highest BCUT2D eigenvalue weighted by atomic mass is 35.5. The van der Waals surface area contributed by atoms with E-state index in [1.807, 2.05) is 0 Å². The number of nitrogens with one attached hydrogen (secondary N) is 2. The quantitative estimate of drug-likeness (QED) is 0.888. The molecule has 0 aromatic carbocycles. The minimum atomic E-state index is 0.221. The van der Waals surface area contributed by atoms with Gasteiger partial charge in [-0.1, -0.05) is 26.7 Å². The Morgan fingerprint density at radius 2 is 1.79 bits per heavy atom. The molecule has 5 nitrogen and oxygen atoms in total. The summed E-state index contributed by atoms with van der Waals surface area (Å²) in [4.78, 5) is 12.5. The van der Waals surface area contributed by atoms with E-state index >= 15 is 0 Å². The molecule has 0 spiro atoms. The van der Waals surface area contributed by atoms with E-state index in [4.69, 9.17) is 11.6 Å². The van der Waals surface area contributed by atoms with E-state index in [1.165, 1.54) is 25.7 Å². The summed E-state index contributed by atoms with van der Waals surface area (Å²) in [5.74, 6) is 2.41. The van der Waals surface area contributed by atoms with Crippen LogP contribution >= 0.6 is 11.6 Å². The summed E-state index contributed by atoms with van der Waals surface area (Å²) in [5.41, 5.74) is 0. The molecule has 106 valence electrons. The zero-order valence-electron chi connectivity index (χ0n) is 11.8. The number of halogens is 1. The van der Waals surface area contributed by atoms with Crippen LogP contribution < -0.4 is 10.6 Å². The molecule has 0 amide bonds. The topological polar surface area (TPSA) is 62.7 Å². The number of aromatic nitrogens is 3. The molecule has 0 saturated heterocycles. The maximum absolute atomic E-state index is 5.90. The Hall–Kier alpha value is -1.10. The van der Waals surface area contributed by atoms with Crippen molar-refractivity contribution in [3.05, 3.63) is 5.28 Å². The fourth-order valence-electron chi connectivity index (χ4n) is 2.83. The van der Waals surface area contributed by atoms with Gasteiger partial charge in [0.05, 0.1) is 0 Å². The van der Waals surface area contributed by atoms with E-state index in [1.54, 1.807) is 7.05 Å². The highest BCUT2D eigenvalue weighted by Gasteiger charge is 2.28. The van der Waals surface area contributed by atoms with Crippen LogP contribution in [0.15, 0.2) is 0 Å². The van der Waals surface area contributed by atoms with Gasteiger partial charge in [0.1, 0.15) is 0 Å². The Morgan fingerprint density at radius 1 is 1.11 bits per heavy atom. The van der Waals surface area contributed by atoms with Crippen molar-refractivity contribution in [2.75, 3.05) is 17.7 Å². The minimum Gasteiger partial charge on any atom is -0.357 e. The lowest BCUT2D eigenvalue weighted by atomic mass is 9.78. The van der Waals surface area contributed by atoms with Crippen molar-refractivity contribution in [1.29, 1.82) is 0 Å². The fraction of sp³-hybridized carbons (Fsp3) is 0.769. The first kappa shape index (κ1) is 14.3. The van der Waals surface area contributed by atoms with Gasteiger partial charge in [0, 0.05) is 13.1 Å². The highest BCUT2D eigenvalue weighted by Crippen LogP contribution is 2.31. The number of hydrogen-bond donors (Lipinski definition) is 2. The van der Waals surface area contributed by atoms with Crippen LogP contribution in [0.5, 0.6) is 0 Å². The first-order chi connectivity index (χ1) is 9.10. The Bertz CT molecular complexity index is 423. The molecule has 1 saturated carbocycles. The number of rotatable bonds is 4. The summed E-state index contributed by atoms with van der Waals surface area (Å²) in [6, 6.07) is 0.428. The van der Waals surface area contributed by atoms with Crippen LogP contribution in [0, 0.1) is 11.8 Å². The van der Waals surface area contributed by atoms with Gasteiger partial charge < -0.3 is 10.6 Å². The van der Waals surface area contributed by atoms with Gasteiger partial charge in [-0.3, -0.25) is 0 Å². The van der Waals surface area contributed by atoms with Gasteiger partial charge in [-0.2, -0.15) is 15.0 Å². The monoisotopic (exact) mass is 283 g/mol. The second kappa shape index (κ2) is 6.37. The number of nitrogens with zero attached hydrogens (tertiary/aromatic N) is 3. The van der Waals surface area contributed by atoms with E-state index in [-0.39, 0.29) is 5.28 Å². The molecule has 2 N–H and O–H groups in total. The Labute approximate surface area is 119 Å². The summed E-state index contributed by atoms with van der Waals surface area (Å²) >= 11 is 5.90. The summed E-state index contributed by atoms with van der Waals surface area (Å²) in [6.45, 7) is 4.56. The highest BCUT2D eigenvalue weighted by molar-refractivity contribution is 6.28. The molecule has 1 aliphatic carbocycles. The molecule has 2 unspecified atom stereocenters. The zero-order chi connectivity index (χ0) is 13.8. The van der Waals surface area contributed by atoms with Gasteiger partial charge in [0.25, 0.3) is 0 Å². The van der Waals surface area contributed by atoms with Crippen LogP contribution in [0.4, 0.5) is 11.9 Å². The first-order valence-electron chi connectivity index (χ1n) is 6.96. The molecule has 1 aromatic rings. The molecular formula is C13H22ClN5. The molecule has 1 fully saturated rings. The fourth-order valence-corrected chi connectivity index (χ4v) is 2.99. The van der Waals surface area contributed by atoms with Crippen LogP contribution in [-0.4, -0.2) is 28.0 Å². The molecule has 2 atom stereocenters. The largest absolute Gasteiger partial charge is 0.357 e. The number of hydrogen-bond acceptors (Lipinski definition) is 5. The van der Waals surface area contributed by atoms with E-state index in [2.05, 4.69) is 39.4 Å². The molecule has 1 heterocycles. The SMILES string of the molecule is CNc1nc(Cl)nc(NC2CCCCC2C(C)C)n1. The van der Waals surface area contributed by atoms with Gasteiger partial charge >= 0.3 is 0 Å². The first-order valence-corrected chi connectivity index (χ1v) is 7.34. The smallest absolute Gasteiger partial charge is 0.229 e. The van der Waals surface area contributed by atoms with E-state index in [0.29, 0.717) is 29.8 Å². The summed E-state index contributed by atoms with van der Waals surface area (Å²) in [7, 11) is 1.77. The van der Waals surface area contributed by atoms with Crippen LogP contribution in [0.25, 0.3) is 0 Å². The zero-order valence-corrected chi connectivity index (χ0v) is 12.5. The van der Waals surface area contributed by atoms with Crippen LogP contribution in [0.2, 0.25) is 5.28 Å². The van der Waals surface area contributed by atoms with E-state index < -0.39 is 0 Å². The third-order valence-electron chi connectivity index (χ3n) is 3.82. The Balaban J connectivity index is 2.12. The average Bonchev–Trinajstić information content (AvgIpc) is 2.38. The normalized spacial score (nSPS) is 23.4. The van der Waals surface area contributed by atoms with Crippen LogP contribution in [0.1, 0.15) is 39.5 Å². The van der Waals surface area contributed by atoms with Gasteiger partial charge in [0.15, 0.2) is 0 Å². The van der Waals surface area contributed by atoms with Crippen molar-refractivity contribution >= 4 is 23.5 Å². The molecule has 2 rings (SSSR count). The second-order valence-corrected chi connectivity index (χ2v) is 5.78. The third kappa shape index (κ3) is 3.69. The van der Waals surface area contributed by atoms with E-state index in [0.717, 1.165) is 0 Å². The predicted molar refractivity (Wildman–Crippen MR) is 78.6 cm³/mol. The molecule has 0 bridgehead atoms. The molecule has 1 aromatic heterocycles. The lowest BCUT2D eigenvalue weighted by molar-refractivity contribution is 0.253. The lowest BCUT2D eigenvalue weighted by Gasteiger charge is -2.34. The number of anilines is 2. The van der Waals surface area contributed by atoms with Gasteiger partial charge in [-0.15, -0.1) is 0 Å². The molecule has 0 aliphatic heterocycles. The standard InChI is InChI=1S/C13H22ClN5/c1-8(2)9-6-4-5-7-10(9)16-13-18-11(14)17-12(15-3)19-13/h8-10H,4-7H2,1-3H3,(H2,15,16,17,18,19). The van der Waals surface area contributed by atoms with E-state index in [9.17, 15) is 0 Å². The molecule has 6 heteroatoms. The maximum atomic E-state index is 5.90. The van der Waals surface area contributed by atoms with Crippen LogP contribution in [-0.2, 0) is 0 Å².